The number of amides is 1. The molecule has 0 aliphatic heterocycles. The van der Waals surface area contributed by atoms with Gasteiger partial charge in [0.15, 0.2) is 0 Å². The number of carbonyl (C=O) groups is 2. The molecule has 0 unspecified atom stereocenters. The van der Waals surface area contributed by atoms with Gasteiger partial charge in [-0.05, 0) is 31.0 Å². The summed E-state index contributed by atoms with van der Waals surface area (Å²) in [6, 6.07) is 7.81. The Morgan fingerprint density at radius 2 is 1.79 bits per heavy atom. The van der Waals surface area contributed by atoms with Gasteiger partial charge in [0.25, 0.3) is 0 Å². The van der Waals surface area contributed by atoms with Crippen LogP contribution in [0, 0.1) is 0 Å². The molecule has 4 nitrogen and oxygen atoms in total. The van der Waals surface area contributed by atoms with Crippen LogP contribution >= 0.6 is 0 Å². The number of benzene rings is 1. The maximum atomic E-state index is 11.9. The minimum absolute atomic E-state index is 0.221. The van der Waals surface area contributed by atoms with E-state index in [9.17, 15) is 9.59 Å². The van der Waals surface area contributed by atoms with E-state index in [-0.39, 0.29) is 12.3 Å². The van der Waals surface area contributed by atoms with Gasteiger partial charge in [-0.25, -0.2) is 0 Å². The number of esters is 1. The molecule has 1 aromatic carbocycles. The molecule has 0 aromatic heterocycles. The first-order valence-electron chi connectivity index (χ1n) is 6.59. The molecule has 0 radical (unpaired) electrons. The normalized spacial score (nSPS) is 10.1. The minimum atomic E-state index is -0.484. The van der Waals surface area contributed by atoms with Gasteiger partial charge in [-0.1, -0.05) is 25.5 Å². The Hall–Kier alpha value is -1.84. The Balaban J connectivity index is 2.63. The van der Waals surface area contributed by atoms with Crippen molar-refractivity contribution < 1.29 is 14.3 Å². The van der Waals surface area contributed by atoms with Crippen LogP contribution in [-0.2, 0) is 20.7 Å². The fourth-order valence-electron chi connectivity index (χ4n) is 1.77. The zero-order valence-corrected chi connectivity index (χ0v) is 11.8. The van der Waals surface area contributed by atoms with Gasteiger partial charge in [0.1, 0.15) is 6.42 Å². The van der Waals surface area contributed by atoms with Crippen molar-refractivity contribution in [2.24, 2.45) is 0 Å². The van der Waals surface area contributed by atoms with E-state index in [1.165, 1.54) is 10.5 Å². The summed E-state index contributed by atoms with van der Waals surface area (Å²) in [5.74, 6) is -0.747. The minimum Gasteiger partial charge on any atom is -0.466 e. The molecule has 0 atom stereocenters. The summed E-state index contributed by atoms with van der Waals surface area (Å²) in [7, 11) is 1.66. The number of hydrogen-bond acceptors (Lipinski definition) is 3. The summed E-state index contributed by atoms with van der Waals surface area (Å²) in [6.07, 6.45) is 1.90. The molecular weight excluding hydrogens is 242 g/mol. The Morgan fingerprint density at radius 1 is 1.16 bits per heavy atom. The Labute approximate surface area is 114 Å². The SMILES string of the molecule is CCCc1ccc(N(C)C(=O)CC(=O)OCC)cc1. The van der Waals surface area contributed by atoms with Gasteiger partial charge in [0, 0.05) is 12.7 Å². The molecule has 0 fully saturated rings. The van der Waals surface area contributed by atoms with Crippen LogP contribution in [-0.4, -0.2) is 25.5 Å². The summed E-state index contributed by atoms with van der Waals surface area (Å²) in [4.78, 5) is 24.6. The molecule has 1 aromatic rings. The van der Waals surface area contributed by atoms with E-state index in [2.05, 4.69) is 6.92 Å². The zero-order chi connectivity index (χ0) is 14.3. The van der Waals surface area contributed by atoms with Crippen molar-refractivity contribution in [3.8, 4) is 0 Å². The predicted molar refractivity (Wildman–Crippen MR) is 75.1 cm³/mol. The molecule has 0 bridgehead atoms. The average molecular weight is 263 g/mol. The zero-order valence-electron chi connectivity index (χ0n) is 11.8. The second-order valence-corrected chi connectivity index (χ2v) is 4.35. The third-order valence-corrected chi connectivity index (χ3v) is 2.84. The number of ether oxygens (including phenoxy) is 1. The van der Waals surface area contributed by atoms with Crippen LogP contribution in [0.3, 0.4) is 0 Å². The number of hydrogen-bond donors (Lipinski definition) is 0. The van der Waals surface area contributed by atoms with E-state index in [4.69, 9.17) is 4.74 Å². The maximum absolute atomic E-state index is 11.9. The Morgan fingerprint density at radius 3 is 2.32 bits per heavy atom. The van der Waals surface area contributed by atoms with Crippen LogP contribution < -0.4 is 4.90 Å². The molecule has 0 aliphatic carbocycles. The monoisotopic (exact) mass is 263 g/mol. The van der Waals surface area contributed by atoms with Gasteiger partial charge in [0.2, 0.25) is 5.91 Å². The summed E-state index contributed by atoms with van der Waals surface area (Å²) in [5, 5.41) is 0. The molecule has 104 valence electrons. The second-order valence-electron chi connectivity index (χ2n) is 4.35. The number of rotatable bonds is 6. The topological polar surface area (TPSA) is 46.6 Å². The van der Waals surface area contributed by atoms with Gasteiger partial charge >= 0.3 is 5.97 Å². The van der Waals surface area contributed by atoms with E-state index < -0.39 is 5.97 Å². The largest absolute Gasteiger partial charge is 0.466 e. The van der Waals surface area contributed by atoms with Crippen LogP contribution in [0.25, 0.3) is 0 Å². The maximum Gasteiger partial charge on any atom is 0.315 e. The smallest absolute Gasteiger partial charge is 0.315 e. The Kier molecular flexibility index (Phi) is 6.06. The fraction of sp³-hybridized carbons (Fsp3) is 0.467. The van der Waals surface area contributed by atoms with Crippen LogP contribution in [0.5, 0.6) is 0 Å². The van der Waals surface area contributed by atoms with E-state index >= 15 is 0 Å². The van der Waals surface area contributed by atoms with Gasteiger partial charge < -0.3 is 9.64 Å². The predicted octanol–water partition coefficient (Wildman–Crippen LogP) is 2.56. The lowest BCUT2D eigenvalue weighted by Crippen LogP contribution is -2.28. The van der Waals surface area contributed by atoms with Gasteiger partial charge in [-0.15, -0.1) is 0 Å². The first kappa shape index (κ1) is 15.2. The molecule has 0 spiro atoms. The third-order valence-electron chi connectivity index (χ3n) is 2.84. The molecule has 1 amide bonds. The fourth-order valence-corrected chi connectivity index (χ4v) is 1.77. The summed E-state index contributed by atoms with van der Waals surface area (Å²) in [6.45, 7) is 4.14. The van der Waals surface area contributed by atoms with Gasteiger partial charge in [0.05, 0.1) is 6.61 Å². The van der Waals surface area contributed by atoms with Gasteiger partial charge in [-0.3, -0.25) is 9.59 Å². The van der Waals surface area contributed by atoms with Crippen molar-refractivity contribution in [1.82, 2.24) is 0 Å². The first-order chi connectivity index (χ1) is 9.08. The highest BCUT2D eigenvalue weighted by molar-refractivity contribution is 6.03. The molecule has 0 saturated heterocycles. The summed E-state index contributed by atoms with van der Waals surface area (Å²) < 4.78 is 4.76. The summed E-state index contributed by atoms with van der Waals surface area (Å²) in [5.41, 5.74) is 2.03. The first-order valence-corrected chi connectivity index (χ1v) is 6.59. The lowest BCUT2D eigenvalue weighted by atomic mass is 10.1. The molecule has 0 saturated carbocycles. The van der Waals surface area contributed by atoms with Crippen LogP contribution in [0.1, 0.15) is 32.3 Å². The molecule has 0 aliphatic rings. The van der Waals surface area contributed by atoms with E-state index in [1.807, 2.05) is 24.3 Å². The molecular formula is C15H21NO3. The molecule has 1 rings (SSSR count). The molecule has 0 N–H and O–H groups in total. The van der Waals surface area contributed by atoms with Crippen molar-refractivity contribution in [1.29, 1.82) is 0 Å². The molecule has 4 heteroatoms. The number of carbonyl (C=O) groups excluding carboxylic acids is 2. The van der Waals surface area contributed by atoms with Crippen LogP contribution in [0.4, 0.5) is 5.69 Å². The summed E-state index contributed by atoms with van der Waals surface area (Å²) >= 11 is 0. The average Bonchev–Trinajstić information content (AvgIpc) is 2.39. The van der Waals surface area contributed by atoms with Crippen LogP contribution in [0.15, 0.2) is 24.3 Å². The lowest BCUT2D eigenvalue weighted by molar-refractivity contribution is -0.145. The number of nitrogens with zero attached hydrogens (tertiary/aromatic N) is 1. The lowest BCUT2D eigenvalue weighted by Gasteiger charge is -2.17. The van der Waals surface area contributed by atoms with Crippen LogP contribution in [0.2, 0.25) is 0 Å². The van der Waals surface area contributed by atoms with E-state index in [1.54, 1.807) is 14.0 Å². The second kappa shape index (κ2) is 7.56. The van der Waals surface area contributed by atoms with Crippen molar-refractivity contribution in [2.75, 3.05) is 18.6 Å². The molecule has 0 heterocycles. The highest BCUT2D eigenvalue weighted by atomic mass is 16.5. The quantitative estimate of drug-likeness (QED) is 0.585. The highest BCUT2D eigenvalue weighted by Crippen LogP contribution is 2.15. The van der Waals surface area contributed by atoms with Crippen molar-refractivity contribution in [2.45, 2.75) is 33.1 Å². The van der Waals surface area contributed by atoms with Crippen molar-refractivity contribution >= 4 is 17.6 Å². The van der Waals surface area contributed by atoms with Gasteiger partial charge in [-0.2, -0.15) is 0 Å². The number of aryl methyl sites for hydroxylation is 1. The third kappa shape index (κ3) is 4.73. The highest BCUT2D eigenvalue weighted by Gasteiger charge is 2.15. The Bertz CT molecular complexity index is 426. The molecule has 19 heavy (non-hydrogen) atoms. The standard InChI is InChI=1S/C15H21NO3/c1-4-6-12-7-9-13(10-8-12)16(3)14(17)11-15(18)19-5-2/h7-10H,4-6,11H2,1-3H3. The van der Waals surface area contributed by atoms with Crippen molar-refractivity contribution in [3.05, 3.63) is 29.8 Å². The van der Waals surface area contributed by atoms with E-state index in [0.29, 0.717) is 6.61 Å². The van der Waals surface area contributed by atoms with E-state index in [0.717, 1.165) is 18.5 Å². The van der Waals surface area contributed by atoms with Crippen molar-refractivity contribution in [3.63, 3.8) is 0 Å². The number of anilines is 1.